The number of carbonyl (C=O) groups is 1. The molecule has 4 fully saturated rings. The maximum absolute atomic E-state index is 12.5. The van der Waals surface area contributed by atoms with Crippen molar-refractivity contribution in [2.75, 3.05) is 33.9 Å². The zero-order valence-electron chi connectivity index (χ0n) is 18.4. The summed E-state index contributed by atoms with van der Waals surface area (Å²) in [5.41, 5.74) is 5.64. The van der Waals surface area contributed by atoms with Crippen LogP contribution in [0.3, 0.4) is 0 Å². The van der Waals surface area contributed by atoms with Crippen molar-refractivity contribution in [3.05, 3.63) is 11.1 Å². The highest BCUT2D eigenvalue weighted by atomic mass is 16.5. The molecule has 1 saturated heterocycles. The first-order valence-electron chi connectivity index (χ1n) is 11.5. The first-order valence-corrected chi connectivity index (χ1v) is 11.5. The van der Waals surface area contributed by atoms with Crippen molar-refractivity contribution in [2.45, 2.75) is 51.0 Å². The summed E-state index contributed by atoms with van der Waals surface area (Å²) in [6, 6.07) is 0. The number of guanidine groups is 1. The van der Waals surface area contributed by atoms with Crippen molar-refractivity contribution >= 4 is 11.9 Å². The molecule has 30 heavy (non-hydrogen) atoms. The van der Waals surface area contributed by atoms with Crippen LogP contribution in [0.2, 0.25) is 0 Å². The normalized spacial score (nSPS) is 49.7. The van der Waals surface area contributed by atoms with E-state index < -0.39 is 11.6 Å². The fourth-order valence-corrected chi connectivity index (χ4v) is 9.47. The standard InChI is InChI=1S/C23H35N3O4/c1-13-4-5-15-10-16-18(19(27)28)22(29,12-30-3)17-7-6-14-8-9-26(20(24)25-2)11-21(14,15)23(13,16)17/h13-15,17,29H,4-12H2,1-3H3,(H2,24,25)(H,27,28)/t13-,14+,15-,17-,21+,22-,23+/m1/s1. The van der Waals surface area contributed by atoms with Gasteiger partial charge >= 0.3 is 0 Å². The van der Waals surface area contributed by atoms with Crippen LogP contribution < -0.4 is 15.7 Å². The summed E-state index contributed by atoms with van der Waals surface area (Å²) in [5, 5.41) is 24.4. The zero-order valence-corrected chi connectivity index (χ0v) is 18.4. The van der Waals surface area contributed by atoms with Crippen molar-refractivity contribution in [1.29, 1.82) is 0 Å². The molecule has 2 bridgehead atoms. The van der Waals surface area contributed by atoms with Gasteiger partial charge in [0.1, 0.15) is 5.60 Å². The van der Waals surface area contributed by atoms with E-state index in [0.717, 1.165) is 57.2 Å². The lowest BCUT2D eigenvalue weighted by atomic mass is 9.39. The minimum absolute atomic E-state index is 0.0134. The molecule has 1 aliphatic heterocycles. The topological polar surface area (TPSA) is 112 Å². The fraction of sp³-hybridized carbons (Fsp3) is 0.826. The molecule has 1 unspecified atom stereocenters. The van der Waals surface area contributed by atoms with Crippen LogP contribution in [-0.4, -0.2) is 56.5 Å². The Labute approximate surface area is 178 Å². The Morgan fingerprint density at radius 1 is 1.30 bits per heavy atom. The first kappa shape index (κ1) is 20.5. The Hall–Kier alpha value is -1.44. The summed E-state index contributed by atoms with van der Waals surface area (Å²) in [5.74, 6) is 0.601. The average molecular weight is 418 g/mol. The van der Waals surface area contributed by atoms with Gasteiger partial charge in [0.2, 0.25) is 0 Å². The number of rotatable bonds is 3. The molecular formula is C23H35N3O4. The number of aliphatic hydroxyl groups is 1. The average Bonchev–Trinajstić information content (AvgIpc) is 3.05. The number of carbonyl (C=O) groups excluding carboxylic acids is 1. The predicted octanol–water partition coefficient (Wildman–Crippen LogP) is -0.894. The third-order valence-electron chi connectivity index (χ3n) is 10.0. The van der Waals surface area contributed by atoms with Crippen molar-refractivity contribution in [3.63, 3.8) is 0 Å². The number of carboxylic acid groups (broad SMARTS) is 1. The Kier molecular flexibility index (Phi) is 4.45. The molecule has 7 nitrogen and oxygen atoms in total. The number of ether oxygens (including phenoxy) is 1. The Bertz CT molecular complexity index is 840. The third-order valence-corrected chi connectivity index (χ3v) is 10.0. The minimum Gasteiger partial charge on any atom is -0.545 e. The number of quaternary nitrogens is 1. The number of nitrogens with two attached hydrogens (primary N) is 1. The summed E-state index contributed by atoms with van der Waals surface area (Å²) >= 11 is 0. The van der Waals surface area contributed by atoms with E-state index in [2.05, 4.69) is 11.9 Å². The number of nitrogens with zero attached hydrogens (tertiary/aromatic N) is 1. The molecule has 3 saturated carbocycles. The molecule has 4 aliphatic carbocycles. The lowest BCUT2D eigenvalue weighted by Crippen LogP contribution is -3.19. The van der Waals surface area contributed by atoms with Gasteiger partial charge in [-0.3, -0.25) is 4.90 Å². The van der Waals surface area contributed by atoms with Gasteiger partial charge in [-0.25, -0.2) is 4.99 Å². The van der Waals surface area contributed by atoms with Crippen molar-refractivity contribution in [1.82, 2.24) is 0 Å². The van der Waals surface area contributed by atoms with Crippen LogP contribution in [0.15, 0.2) is 16.1 Å². The number of piperidine rings is 1. The molecule has 0 radical (unpaired) electrons. The highest BCUT2D eigenvalue weighted by molar-refractivity contribution is 5.90. The zero-order chi connectivity index (χ0) is 21.5. The minimum atomic E-state index is -1.47. The van der Waals surface area contributed by atoms with Gasteiger partial charge in [0, 0.05) is 42.9 Å². The Balaban J connectivity index is 1.77. The van der Waals surface area contributed by atoms with Gasteiger partial charge in [-0.15, -0.1) is 0 Å². The number of aliphatic carboxylic acids is 1. The number of hydrogen-bond donors (Lipinski definition) is 3. The van der Waals surface area contributed by atoms with Crippen LogP contribution in [0.1, 0.15) is 45.4 Å². The molecule has 5 rings (SSSR count). The molecular weight excluding hydrogens is 382 g/mol. The summed E-state index contributed by atoms with van der Waals surface area (Å²) in [6.07, 6.45) is 5.93. The van der Waals surface area contributed by atoms with Gasteiger partial charge in [-0.05, 0) is 49.9 Å². The Morgan fingerprint density at radius 3 is 2.70 bits per heavy atom. The highest BCUT2D eigenvalue weighted by Gasteiger charge is 2.80. The second-order valence-corrected chi connectivity index (χ2v) is 10.5. The molecule has 0 aromatic rings. The smallest absolute Gasteiger partial charge is 0.293 e. The van der Waals surface area contributed by atoms with E-state index in [-0.39, 0.29) is 28.9 Å². The summed E-state index contributed by atoms with van der Waals surface area (Å²) in [6.45, 7) is 4.17. The van der Waals surface area contributed by atoms with Crippen LogP contribution in [0.25, 0.3) is 0 Å². The van der Waals surface area contributed by atoms with Crippen LogP contribution in [0.4, 0.5) is 0 Å². The van der Waals surface area contributed by atoms with Gasteiger partial charge in [-0.2, -0.15) is 0 Å². The van der Waals surface area contributed by atoms with E-state index in [0.29, 0.717) is 23.7 Å². The largest absolute Gasteiger partial charge is 0.545 e. The molecule has 7 heteroatoms. The van der Waals surface area contributed by atoms with Gasteiger partial charge < -0.3 is 25.5 Å². The lowest BCUT2D eigenvalue weighted by Gasteiger charge is -2.66. The quantitative estimate of drug-likeness (QED) is 0.407. The van der Waals surface area contributed by atoms with Crippen molar-refractivity contribution < 1.29 is 24.6 Å². The molecule has 8 atom stereocenters. The maximum Gasteiger partial charge on any atom is 0.293 e. The number of likely N-dealkylation sites (tertiary alicyclic amines) is 1. The van der Waals surface area contributed by atoms with Crippen LogP contribution in [0, 0.1) is 34.5 Å². The van der Waals surface area contributed by atoms with E-state index in [1.807, 2.05) is 0 Å². The van der Waals surface area contributed by atoms with Gasteiger partial charge in [0.25, 0.3) is 5.96 Å². The van der Waals surface area contributed by atoms with Crippen molar-refractivity contribution in [3.8, 4) is 0 Å². The Morgan fingerprint density at radius 2 is 2.03 bits per heavy atom. The second kappa shape index (κ2) is 6.53. The van der Waals surface area contributed by atoms with E-state index in [9.17, 15) is 15.0 Å². The number of hydrogen-bond acceptors (Lipinski definition) is 5. The SMILES string of the molecule is CN=C(N)[NH+]1CC[C@@H]2CC[C@H]3[C@@]45C(=C(C(=O)[O-])[C@@]3(O)COC)C[C@@H](CC[C@H]4C)[C@]25C1. The molecule has 0 aromatic heterocycles. The maximum atomic E-state index is 12.5. The molecule has 166 valence electrons. The van der Waals surface area contributed by atoms with Crippen LogP contribution >= 0.6 is 0 Å². The van der Waals surface area contributed by atoms with Crippen molar-refractivity contribution in [2.24, 2.45) is 45.2 Å². The molecule has 4 N–H and O–H groups in total. The van der Waals surface area contributed by atoms with E-state index in [1.165, 1.54) is 4.90 Å². The second-order valence-electron chi connectivity index (χ2n) is 10.5. The summed E-state index contributed by atoms with van der Waals surface area (Å²) in [4.78, 5) is 18.0. The van der Waals surface area contributed by atoms with E-state index in [1.54, 1.807) is 14.2 Å². The fourth-order valence-electron chi connectivity index (χ4n) is 9.47. The van der Waals surface area contributed by atoms with E-state index in [4.69, 9.17) is 10.5 Å². The summed E-state index contributed by atoms with van der Waals surface area (Å²) in [7, 11) is 3.29. The van der Waals surface area contributed by atoms with Gasteiger partial charge in [-0.1, -0.05) is 12.5 Å². The van der Waals surface area contributed by atoms with Gasteiger partial charge in [0.15, 0.2) is 0 Å². The summed E-state index contributed by atoms with van der Waals surface area (Å²) < 4.78 is 5.43. The molecule has 0 amide bonds. The number of nitrogens with one attached hydrogen (secondary N) is 1. The number of methoxy groups -OCH3 is 1. The van der Waals surface area contributed by atoms with Crippen LogP contribution in [0.5, 0.6) is 0 Å². The number of carboxylic acids is 1. The third kappa shape index (κ3) is 2.07. The van der Waals surface area contributed by atoms with E-state index >= 15 is 0 Å². The van der Waals surface area contributed by atoms with Gasteiger partial charge in [0.05, 0.1) is 25.7 Å². The number of allylic oxidation sites excluding steroid dienone is 1. The van der Waals surface area contributed by atoms with Crippen LogP contribution in [-0.2, 0) is 9.53 Å². The molecule has 5 aliphatic rings. The monoisotopic (exact) mass is 417 g/mol. The number of aliphatic imine (C=N–C) groups is 1. The predicted molar refractivity (Wildman–Crippen MR) is 109 cm³/mol. The molecule has 2 spiro atoms. The molecule has 0 aromatic carbocycles. The first-order chi connectivity index (χ1) is 14.3. The molecule has 1 heterocycles. The highest BCUT2D eigenvalue weighted by Crippen LogP contribution is 2.81. The lowest BCUT2D eigenvalue weighted by molar-refractivity contribution is -0.829.